The van der Waals surface area contributed by atoms with Gasteiger partial charge in [-0.3, -0.25) is 9.59 Å². The van der Waals surface area contributed by atoms with Gasteiger partial charge in [0.2, 0.25) is 5.78 Å². The summed E-state index contributed by atoms with van der Waals surface area (Å²) in [5.74, 6) is -2.79. The molecule has 0 aliphatic carbocycles. The van der Waals surface area contributed by atoms with Crippen molar-refractivity contribution in [1.82, 2.24) is 0 Å². The fraction of sp³-hybridized carbons (Fsp3) is 0.250. The van der Waals surface area contributed by atoms with E-state index >= 15 is 0 Å². The van der Waals surface area contributed by atoms with Crippen molar-refractivity contribution in [2.24, 2.45) is 0 Å². The molecule has 1 aromatic heterocycles. The van der Waals surface area contributed by atoms with Crippen molar-refractivity contribution in [2.75, 3.05) is 0 Å². The zero-order valence-corrected chi connectivity index (χ0v) is 8.99. The van der Waals surface area contributed by atoms with Crippen molar-refractivity contribution < 1.29 is 39.5 Å². The molecule has 1 rings (SSSR count). The Hall–Kier alpha value is -0.664. The average Bonchev–Trinajstić information content (AvgIpc) is 2.53. The Balaban J connectivity index is 0.00000196. The predicted octanol–water partition coefficient (Wildman–Crippen LogP) is 2.45. The van der Waals surface area contributed by atoms with Crippen LogP contribution in [0.4, 0.5) is 13.2 Å². The van der Waals surface area contributed by atoms with Gasteiger partial charge in [0.05, 0.1) is 11.3 Å². The van der Waals surface area contributed by atoms with Gasteiger partial charge in [0.15, 0.2) is 5.78 Å². The van der Waals surface area contributed by atoms with Gasteiger partial charge >= 0.3 is 6.18 Å². The average molecular weight is 281 g/mol. The zero-order valence-electron chi connectivity index (χ0n) is 7.13. The summed E-state index contributed by atoms with van der Waals surface area (Å²) in [5, 5.41) is 1.56. The molecule has 7 heteroatoms. The first kappa shape index (κ1) is 14.3. The van der Waals surface area contributed by atoms with Gasteiger partial charge in [0.25, 0.3) is 0 Å². The number of hydrogen-bond donors (Lipinski definition) is 0. The number of alkyl halides is 3. The second-order valence-electron chi connectivity index (χ2n) is 2.50. The minimum Gasteiger partial charge on any atom is -0.293 e. The van der Waals surface area contributed by atoms with E-state index in [1.54, 1.807) is 5.38 Å². The molecule has 0 spiro atoms. The number of carbonyl (C=O) groups excluding carboxylic acids is 2. The van der Waals surface area contributed by atoms with Gasteiger partial charge in [-0.15, -0.1) is 11.3 Å². The van der Waals surface area contributed by atoms with Crippen LogP contribution in [0, 0.1) is 0 Å². The van der Waals surface area contributed by atoms with E-state index in [0.29, 0.717) is 0 Å². The summed E-state index contributed by atoms with van der Waals surface area (Å²) in [7, 11) is 0. The number of rotatable bonds is 3. The molecule has 0 saturated heterocycles. The molecule has 0 aliphatic heterocycles. The van der Waals surface area contributed by atoms with Crippen molar-refractivity contribution >= 4 is 22.9 Å². The van der Waals surface area contributed by atoms with E-state index in [0.717, 1.165) is 11.3 Å². The van der Waals surface area contributed by atoms with Crippen molar-refractivity contribution in [1.29, 1.82) is 0 Å². The normalized spacial score (nSPS) is 10.6. The molecule has 0 aliphatic rings. The third kappa shape index (κ3) is 4.14. The standard InChI is InChI=1S/C8H5F3O2S.Co/c9-8(10,11)7(13)4-5(12)6-2-1-3-14-6;/h1-3H,4H2;. The van der Waals surface area contributed by atoms with Gasteiger partial charge in [-0.2, -0.15) is 13.2 Å². The van der Waals surface area contributed by atoms with Gasteiger partial charge in [0, 0.05) is 16.8 Å². The number of halogens is 3. The number of thiophene rings is 1. The first-order valence-corrected chi connectivity index (χ1v) is 4.46. The Morgan fingerprint density at radius 3 is 2.33 bits per heavy atom. The van der Waals surface area contributed by atoms with E-state index in [9.17, 15) is 22.8 Å². The van der Waals surface area contributed by atoms with Crippen LogP contribution in [0.5, 0.6) is 0 Å². The van der Waals surface area contributed by atoms with Gasteiger partial charge in [-0.25, -0.2) is 0 Å². The molecular formula is C8H5CoF3O2S. The van der Waals surface area contributed by atoms with Gasteiger partial charge < -0.3 is 0 Å². The van der Waals surface area contributed by atoms with Crippen LogP contribution < -0.4 is 0 Å². The Bertz CT molecular complexity index is 345. The fourth-order valence-corrected chi connectivity index (χ4v) is 1.43. The van der Waals surface area contributed by atoms with Gasteiger partial charge in [0.1, 0.15) is 0 Å². The van der Waals surface area contributed by atoms with Crippen molar-refractivity contribution in [3.63, 3.8) is 0 Å². The monoisotopic (exact) mass is 281 g/mol. The summed E-state index contributed by atoms with van der Waals surface area (Å²) in [4.78, 5) is 21.7. The van der Waals surface area contributed by atoms with Crippen molar-refractivity contribution in [2.45, 2.75) is 12.6 Å². The van der Waals surface area contributed by atoms with E-state index in [-0.39, 0.29) is 21.7 Å². The molecule has 0 amide bonds. The summed E-state index contributed by atoms with van der Waals surface area (Å²) in [6.45, 7) is 0. The topological polar surface area (TPSA) is 34.1 Å². The minimum atomic E-state index is -4.92. The third-order valence-electron chi connectivity index (χ3n) is 1.43. The number of Topliss-reactive ketones (excluding diaryl/α,β-unsaturated/α-hetero) is 2. The SMILES string of the molecule is O=C(CC(=O)C(F)(F)F)c1cccs1.[Co]. The fourth-order valence-electron chi connectivity index (χ4n) is 0.770. The number of carbonyl (C=O) groups is 2. The molecule has 0 saturated carbocycles. The van der Waals surface area contributed by atoms with Crippen LogP contribution in [0.1, 0.15) is 16.1 Å². The molecular weight excluding hydrogens is 276 g/mol. The van der Waals surface area contributed by atoms with Crippen molar-refractivity contribution in [3.05, 3.63) is 22.4 Å². The largest absolute Gasteiger partial charge is 0.450 e. The quantitative estimate of drug-likeness (QED) is 0.630. The van der Waals surface area contributed by atoms with Crippen LogP contribution in [0.2, 0.25) is 0 Å². The van der Waals surface area contributed by atoms with E-state index in [2.05, 4.69) is 0 Å². The summed E-state index contributed by atoms with van der Waals surface area (Å²) in [6.07, 6.45) is -6.03. The van der Waals surface area contributed by atoms with Crippen LogP contribution in [0.15, 0.2) is 17.5 Å². The Morgan fingerprint density at radius 1 is 1.33 bits per heavy atom. The number of hydrogen-bond acceptors (Lipinski definition) is 3. The van der Waals surface area contributed by atoms with Crippen LogP contribution in [-0.4, -0.2) is 17.7 Å². The maximum absolute atomic E-state index is 11.8. The molecule has 2 nitrogen and oxygen atoms in total. The molecule has 0 atom stereocenters. The molecule has 0 N–H and O–H groups in total. The smallest absolute Gasteiger partial charge is 0.293 e. The summed E-state index contributed by atoms with van der Waals surface area (Å²) in [5.41, 5.74) is 0. The zero-order chi connectivity index (χ0) is 10.8. The van der Waals surface area contributed by atoms with Gasteiger partial charge in [-0.1, -0.05) is 6.07 Å². The molecule has 0 unspecified atom stereocenters. The van der Waals surface area contributed by atoms with Crippen LogP contribution in [0.3, 0.4) is 0 Å². The third-order valence-corrected chi connectivity index (χ3v) is 2.34. The molecule has 1 heterocycles. The Morgan fingerprint density at radius 2 is 1.93 bits per heavy atom. The maximum atomic E-state index is 11.8. The first-order valence-electron chi connectivity index (χ1n) is 3.58. The Kier molecular flexibility index (Phi) is 5.19. The van der Waals surface area contributed by atoms with Crippen LogP contribution >= 0.6 is 11.3 Å². The molecule has 1 aromatic rings. The van der Waals surface area contributed by atoms with Crippen LogP contribution in [0.25, 0.3) is 0 Å². The second kappa shape index (κ2) is 5.43. The minimum absolute atomic E-state index is 0. The van der Waals surface area contributed by atoms with Gasteiger partial charge in [-0.05, 0) is 11.4 Å². The predicted molar refractivity (Wildman–Crippen MR) is 44.3 cm³/mol. The van der Waals surface area contributed by atoms with E-state index < -0.39 is 24.2 Å². The molecule has 85 valence electrons. The van der Waals surface area contributed by atoms with E-state index in [1.807, 2.05) is 0 Å². The number of ketones is 2. The molecule has 0 bridgehead atoms. The van der Waals surface area contributed by atoms with E-state index in [1.165, 1.54) is 12.1 Å². The summed E-state index contributed by atoms with van der Waals surface area (Å²) >= 11 is 1.01. The van der Waals surface area contributed by atoms with E-state index in [4.69, 9.17) is 0 Å². The Labute approximate surface area is 97.7 Å². The summed E-state index contributed by atoms with van der Waals surface area (Å²) in [6, 6.07) is 2.92. The maximum Gasteiger partial charge on any atom is 0.450 e. The molecule has 0 aromatic carbocycles. The molecule has 1 radical (unpaired) electrons. The molecule has 0 fully saturated rings. The molecule has 15 heavy (non-hydrogen) atoms. The summed E-state index contributed by atoms with van der Waals surface area (Å²) < 4.78 is 35.3. The van der Waals surface area contributed by atoms with Crippen LogP contribution in [-0.2, 0) is 21.6 Å². The first-order chi connectivity index (χ1) is 6.41. The van der Waals surface area contributed by atoms with Crippen molar-refractivity contribution in [3.8, 4) is 0 Å². The second-order valence-corrected chi connectivity index (χ2v) is 3.45.